The Balaban J connectivity index is 1.46. The van der Waals surface area contributed by atoms with Crippen LogP contribution in [0, 0.1) is 12.8 Å². The van der Waals surface area contributed by atoms with Crippen molar-refractivity contribution in [2.75, 3.05) is 26.2 Å². The maximum absolute atomic E-state index is 13.3. The Kier molecular flexibility index (Phi) is 5.17. The number of aromatic nitrogens is 2. The molecule has 0 radical (unpaired) electrons. The number of likely N-dealkylation sites (tertiary alicyclic amines) is 1. The van der Waals surface area contributed by atoms with E-state index < -0.39 is 0 Å². The fourth-order valence-electron chi connectivity index (χ4n) is 4.14. The summed E-state index contributed by atoms with van der Waals surface area (Å²) in [6.07, 6.45) is 3.95. The number of amides is 2. The van der Waals surface area contributed by atoms with Crippen molar-refractivity contribution >= 4 is 11.8 Å². The molecule has 2 unspecified atom stereocenters. The lowest BCUT2D eigenvalue weighted by Crippen LogP contribution is -2.51. The summed E-state index contributed by atoms with van der Waals surface area (Å²) in [5, 5.41) is 3.36. The molecule has 148 valence electrons. The number of rotatable bonds is 4. The summed E-state index contributed by atoms with van der Waals surface area (Å²) in [6, 6.07) is 8.10. The van der Waals surface area contributed by atoms with E-state index in [-0.39, 0.29) is 23.8 Å². The quantitative estimate of drug-likeness (QED) is 0.865. The van der Waals surface area contributed by atoms with E-state index in [4.69, 9.17) is 0 Å². The first kappa shape index (κ1) is 18.7. The Morgan fingerprint density at radius 1 is 1.29 bits per heavy atom. The third-order valence-electron chi connectivity index (χ3n) is 5.74. The highest BCUT2D eigenvalue weighted by Gasteiger charge is 2.40. The van der Waals surface area contributed by atoms with Crippen LogP contribution in [0.4, 0.5) is 0 Å². The lowest BCUT2D eigenvalue weighted by molar-refractivity contribution is -0.139. The number of aryl methyl sites for hydroxylation is 2. The van der Waals surface area contributed by atoms with Gasteiger partial charge in [-0.25, -0.2) is 4.98 Å². The van der Waals surface area contributed by atoms with Crippen LogP contribution in [0.25, 0.3) is 0 Å². The number of nitrogens with one attached hydrogen (secondary N) is 1. The summed E-state index contributed by atoms with van der Waals surface area (Å²) in [5.41, 5.74) is 2.30. The summed E-state index contributed by atoms with van der Waals surface area (Å²) in [4.78, 5) is 34.0. The van der Waals surface area contributed by atoms with Crippen molar-refractivity contribution in [3.63, 3.8) is 0 Å². The minimum Gasteiger partial charge on any atom is -0.338 e. The molecule has 0 spiro atoms. The smallest absolute Gasteiger partial charge is 0.228 e. The normalized spacial score (nSPS) is 22.7. The summed E-state index contributed by atoms with van der Waals surface area (Å²) >= 11 is 0. The number of imidazole rings is 1. The van der Waals surface area contributed by atoms with Crippen molar-refractivity contribution in [3.8, 4) is 0 Å². The third-order valence-corrected chi connectivity index (χ3v) is 5.74. The van der Waals surface area contributed by atoms with E-state index in [9.17, 15) is 9.59 Å². The topological polar surface area (TPSA) is 70.5 Å². The van der Waals surface area contributed by atoms with E-state index in [2.05, 4.69) is 22.4 Å². The van der Waals surface area contributed by atoms with Gasteiger partial charge >= 0.3 is 0 Å². The molecule has 2 amide bonds. The minimum atomic E-state index is -0.279. The SMILES string of the molecule is Cc1ccc(CN2CC(C(=O)N3CCNCC3c3nccn3C)CC2=O)cc1. The molecule has 0 saturated carbocycles. The average molecular weight is 381 g/mol. The highest BCUT2D eigenvalue weighted by Crippen LogP contribution is 2.27. The molecule has 2 saturated heterocycles. The van der Waals surface area contributed by atoms with Gasteiger partial charge in [0.25, 0.3) is 0 Å². The van der Waals surface area contributed by atoms with Crippen LogP contribution < -0.4 is 5.32 Å². The molecule has 2 aliphatic rings. The van der Waals surface area contributed by atoms with Crippen LogP contribution in [0.5, 0.6) is 0 Å². The van der Waals surface area contributed by atoms with Gasteiger partial charge in [-0.3, -0.25) is 9.59 Å². The standard InChI is InChI=1S/C21H27N5O2/c1-15-3-5-16(6-4-15)13-25-14-17(11-19(25)27)21(28)26-10-7-22-12-18(26)20-23-8-9-24(20)2/h3-6,8-9,17-18,22H,7,10-14H2,1-2H3. The number of hydrogen-bond acceptors (Lipinski definition) is 4. The van der Waals surface area contributed by atoms with Gasteiger partial charge in [0.1, 0.15) is 11.9 Å². The number of benzene rings is 1. The Morgan fingerprint density at radius 2 is 2.07 bits per heavy atom. The van der Waals surface area contributed by atoms with Crippen molar-refractivity contribution in [1.82, 2.24) is 24.7 Å². The maximum atomic E-state index is 13.3. The maximum Gasteiger partial charge on any atom is 0.228 e. The zero-order valence-corrected chi connectivity index (χ0v) is 16.5. The Hall–Kier alpha value is -2.67. The van der Waals surface area contributed by atoms with E-state index in [1.165, 1.54) is 5.56 Å². The molecule has 1 N–H and O–H groups in total. The second-order valence-electron chi connectivity index (χ2n) is 7.81. The first-order chi connectivity index (χ1) is 13.5. The highest BCUT2D eigenvalue weighted by molar-refractivity contribution is 5.89. The summed E-state index contributed by atoms with van der Waals surface area (Å²) in [6.45, 7) is 5.19. The van der Waals surface area contributed by atoms with Crippen LogP contribution in [0.3, 0.4) is 0 Å². The highest BCUT2D eigenvalue weighted by atomic mass is 16.2. The molecule has 0 bridgehead atoms. The van der Waals surface area contributed by atoms with Crippen molar-refractivity contribution in [1.29, 1.82) is 0 Å². The summed E-state index contributed by atoms with van der Waals surface area (Å²) < 4.78 is 1.96. The Bertz CT molecular complexity index is 860. The zero-order valence-electron chi connectivity index (χ0n) is 16.5. The molecule has 2 aliphatic heterocycles. The Morgan fingerprint density at radius 3 is 2.79 bits per heavy atom. The molecule has 7 nitrogen and oxygen atoms in total. The van der Waals surface area contributed by atoms with E-state index in [1.807, 2.05) is 46.7 Å². The van der Waals surface area contributed by atoms with Crippen molar-refractivity contribution in [2.24, 2.45) is 13.0 Å². The van der Waals surface area contributed by atoms with E-state index in [0.29, 0.717) is 32.6 Å². The van der Waals surface area contributed by atoms with Gasteiger partial charge in [-0.2, -0.15) is 0 Å². The molecule has 7 heteroatoms. The average Bonchev–Trinajstić information content (AvgIpc) is 3.29. The van der Waals surface area contributed by atoms with E-state index in [0.717, 1.165) is 17.9 Å². The van der Waals surface area contributed by atoms with Gasteiger partial charge in [-0.05, 0) is 12.5 Å². The monoisotopic (exact) mass is 381 g/mol. The molecular formula is C21H27N5O2. The lowest BCUT2D eigenvalue weighted by atomic mass is 10.0. The summed E-state index contributed by atoms with van der Waals surface area (Å²) in [5.74, 6) is 0.719. The summed E-state index contributed by atoms with van der Waals surface area (Å²) in [7, 11) is 1.95. The molecule has 2 atom stereocenters. The number of nitrogens with zero attached hydrogens (tertiary/aromatic N) is 4. The number of carbonyl (C=O) groups excluding carboxylic acids is 2. The van der Waals surface area contributed by atoms with Crippen LogP contribution in [-0.4, -0.2) is 57.3 Å². The third kappa shape index (κ3) is 3.67. The molecule has 2 fully saturated rings. The molecule has 4 rings (SSSR count). The van der Waals surface area contributed by atoms with Gasteiger partial charge in [0.15, 0.2) is 0 Å². The van der Waals surface area contributed by atoms with Gasteiger partial charge in [-0.1, -0.05) is 29.8 Å². The van der Waals surface area contributed by atoms with Crippen molar-refractivity contribution < 1.29 is 9.59 Å². The predicted molar refractivity (Wildman–Crippen MR) is 105 cm³/mol. The first-order valence-corrected chi connectivity index (χ1v) is 9.84. The fourth-order valence-corrected chi connectivity index (χ4v) is 4.14. The van der Waals surface area contributed by atoms with Crippen LogP contribution >= 0.6 is 0 Å². The number of carbonyl (C=O) groups is 2. The molecular weight excluding hydrogens is 354 g/mol. The molecule has 1 aromatic carbocycles. The van der Waals surface area contributed by atoms with Gasteiger partial charge in [-0.15, -0.1) is 0 Å². The molecule has 3 heterocycles. The van der Waals surface area contributed by atoms with Gasteiger partial charge in [0.05, 0.1) is 5.92 Å². The van der Waals surface area contributed by atoms with Crippen molar-refractivity contribution in [3.05, 3.63) is 53.6 Å². The lowest BCUT2D eigenvalue weighted by Gasteiger charge is -2.37. The molecule has 1 aromatic heterocycles. The van der Waals surface area contributed by atoms with Gasteiger partial charge < -0.3 is 19.7 Å². The minimum absolute atomic E-state index is 0.0580. The van der Waals surface area contributed by atoms with Crippen LogP contribution in [-0.2, 0) is 23.2 Å². The van der Waals surface area contributed by atoms with Crippen molar-refractivity contribution in [2.45, 2.75) is 25.9 Å². The van der Waals surface area contributed by atoms with Gasteiger partial charge in [0.2, 0.25) is 11.8 Å². The zero-order chi connectivity index (χ0) is 19.7. The molecule has 2 aromatic rings. The molecule has 0 aliphatic carbocycles. The van der Waals surface area contributed by atoms with Crippen LogP contribution in [0.2, 0.25) is 0 Å². The van der Waals surface area contributed by atoms with Crippen LogP contribution in [0.15, 0.2) is 36.7 Å². The largest absolute Gasteiger partial charge is 0.338 e. The predicted octanol–water partition coefficient (Wildman–Crippen LogP) is 1.25. The van der Waals surface area contributed by atoms with Gasteiger partial charge in [0, 0.05) is 58.6 Å². The number of hydrogen-bond donors (Lipinski definition) is 1. The first-order valence-electron chi connectivity index (χ1n) is 9.84. The van der Waals surface area contributed by atoms with E-state index >= 15 is 0 Å². The van der Waals surface area contributed by atoms with E-state index in [1.54, 1.807) is 6.20 Å². The number of piperazine rings is 1. The molecule has 28 heavy (non-hydrogen) atoms. The second kappa shape index (κ2) is 7.75. The second-order valence-corrected chi connectivity index (χ2v) is 7.81. The Labute approximate surface area is 165 Å². The van der Waals surface area contributed by atoms with Crippen LogP contribution in [0.1, 0.15) is 29.4 Å². The fraction of sp³-hybridized carbons (Fsp3) is 0.476.